The van der Waals surface area contributed by atoms with Crippen molar-refractivity contribution >= 4 is 22.9 Å². The third-order valence-electron chi connectivity index (χ3n) is 2.95. The number of furan rings is 1. The van der Waals surface area contributed by atoms with Crippen LogP contribution in [0.15, 0.2) is 52.5 Å². The predicted octanol–water partition coefficient (Wildman–Crippen LogP) is 4.67. The van der Waals surface area contributed by atoms with E-state index in [1.54, 1.807) is 12.1 Å². The van der Waals surface area contributed by atoms with Gasteiger partial charge in [0, 0.05) is 5.38 Å². The van der Waals surface area contributed by atoms with Crippen LogP contribution in [0.2, 0.25) is 0 Å². The Morgan fingerprint density at radius 2 is 1.96 bits per heavy atom. The first kappa shape index (κ1) is 15.3. The number of thiazole rings is 1. The molecule has 118 valence electrons. The van der Waals surface area contributed by atoms with Gasteiger partial charge in [0.15, 0.2) is 10.8 Å². The number of nitrogens with zero attached hydrogens (tertiary/aromatic N) is 1. The second-order valence-electron chi connectivity index (χ2n) is 4.51. The molecule has 0 unspecified atom stereocenters. The van der Waals surface area contributed by atoms with Gasteiger partial charge in [0.25, 0.3) is 5.91 Å². The molecule has 3 rings (SSSR count). The smallest absolute Gasteiger partial charge is 0.418 e. The van der Waals surface area contributed by atoms with Crippen molar-refractivity contribution in [3.05, 3.63) is 59.3 Å². The maximum atomic E-state index is 12.9. The zero-order valence-corrected chi connectivity index (χ0v) is 12.2. The Labute approximate surface area is 132 Å². The van der Waals surface area contributed by atoms with Gasteiger partial charge in [0.1, 0.15) is 5.69 Å². The molecule has 1 amide bonds. The van der Waals surface area contributed by atoms with E-state index >= 15 is 0 Å². The normalized spacial score (nSPS) is 11.4. The molecule has 4 nitrogen and oxygen atoms in total. The number of carbonyl (C=O) groups excluding carboxylic acids is 1. The number of alkyl halides is 3. The van der Waals surface area contributed by atoms with Crippen molar-refractivity contribution in [2.24, 2.45) is 0 Å². The van der Waals surface area contributed by atoms with Crippen LogP contribution in [-0.4, -0.2) is 10.9 Å². The Morgan fingerprint density at radius 3 is 2.65 bits per heavy atom. The van der Waals surface area contributed by atoms with Crippen molar-refractivity contribution in [2.45, 2.75) is 6.18 Å². The third-order valence-corrected chi connectivity index (χ3v) is 3.81. The maximum absolute atomic E-state index is 12.9. The van der Waals surface area contributed by atoms with E-state index in [2.05, 4.69) is 10.3 Å². The van der Waals surface area contributed by atoms with Gasteiger partial charge in [0.2, 0.25) is 0 Å². The van der Waals surface area contributed by atoms with Crippen molar-refractivity contribution in [3.8, 4) is 10.8 Å². The summed E-state index contributed by atoms with van der Waals surface area (Å²) in [5.41, 5.74) is -1.19. The van der Waals surface area contributed by atoms with Gasteiger partial charge in [-0.3, -0.25) is 4.79 Å². The number of para-hydroxylation sites is 1. The molecule has 0 bridgehead atoms. The highest BCUT2D eigenvalue weighted by atomic mass is 32.1. The Hall–Kier alpha value is -2.61. The van der Waals surface area contributed by atoms with Crippen LogP contribution in [0, 0.1) is 0 Å². The van der Waals surface area contributed by atoms with E-state index in [1.165, 1.54) is 41.2 Å². The Kier molecular flexibility index (Phi) is 3.91. The number of hydrogen-bond acceptors (Lipinski definition) is 4. The van der Waals surface area contributed by atoms with Gasteiger partial charge >= 0.3 is 6.18 Å². The molecule has 2 heterocycles. The largest absolute Gasteiger partial charge is 0.462 e. The van der Waals surface area contributed by atoms with Gasteiger partial charge in [-0.1, -0.05) is 12.1 Å². The fourth-order valence-electron chi connectivity index (χ4n) is 1.92. The lowest BCUT2D eigenvalue weighted by Crippen LogP contribution is -2.16. The van der Waals surface area contributed by atoms with Gasteiger partial charge in [-0.2, -0.15) is 13.2 Å². The maximum Gasteiger partial charge on any atom is 0.418 e. The molecule has 1 N–H and O–H groups in total. The molecule has 0 aliphatic carbocycles. The number of carbonyl (C=O) groups is 1. The summed E-state index contributed by atoms with van der Waals surface area (Å²) >= 11 is 1.17. The third kappa shape index (κ3) is 3.26. The molecule has 1 aromatic carbocycles. The standard InChI is InChI=1S/C15H9F3N2O2S/c16-15(17,18)9-4-1-2-5-10(9)19-13(21)11-8-23-14(20-11)12-6-3-7-22-12/h1-8H,(H,19,21). The zero-order chi connectivity index (χ0) is 16.4. The molecular formula is C15H9F3N2O2S. The first-order valence-electron chi connectivity index (χ1n) is 6.42. The summed E-state index contributed by atoms with van der Waals surface area (Å²) in [6.07, 6.45) is -3.08. The first-order valence-corrected chi connectivity index (χ1v) is 7.30. The van der Waals surface area contributed by atoms with Crippen LogP contribution in [-0.2, 0) is 6.18 Å². The van der Waals surface area contributed by atoms with E-state index in [0.717, 1.165) is 6.07 Å². The molecule has 0 saturated carbocycles. The van der Waals surface area contributed by atoms with Crippen LogP contribution in [0.5, 0.6) is 0 Å². The lowest BCUT2D eigenvalue weighted by molar-refractivity contribution is -0.136. The molecule has 0 aliphatic rings. The number of nitrogens with one attached hydrogen (secondary N) is 1. The van der Waals surface area contributed by atoms with E-state index in [0.29, 0.717) is 10.8 Å². The number of hydrogen-bond donors (Lipinski definition) is 1. The number of aromatic nitrogens is 1. The van der Waals surface area contributed by atoms with Crippen LogP contribution >= 0.6 is 11.3 Å². The predicted molar refractivity (Wildman–Crippen MR) is 79.2 cm³/mol. The Balaban J connectivity index is 1.83. The Morgan fingerprint density at radius 1 is 1.17 bits per heavy atom. The topological polar surface area (TPSA) is 55.1 Å². The quantitative estimate of drug-likeness (QED) is 0.755. The molecule has 2 aromatic heterocycles. The summed E-state index contributed by atoms with van der Waals surface area (Å²) in [6, 6.07) is 8.14. The highest BCUT2D eigenvalue weighted by molar-refractivity contribution is 7.13. The average molecular weight is 338 g/mol. The Bertz CT molecular complexity index is 825. The first-order chi connectivity index (χ1) is 10.9. The van der Waals surface area contributed by atoms with Gasteiger partial charge in [-0.25, -0.2) is 4.98 Å². The number of halogens is 3. The van der Waals surface area contributed by atoms with Crippen molar-refractivity contribution in [2.75, 3.05) is 5.32 Å². The lowest BCUT2D eigenvalue weighted by Gasteiger charge is -2.12. The van der Waals surface area contributed by atoms with Crippen molar-refractivity contribution in [1.82, 2.24) is 4.98 Å². The molecule has 23 heavy (non-hydrogen) atoms. The van der Waals surface area contributed by atoms with Gasteiger partial charge in [-0.15, -0.1) is 11.3 Å². The molecule has 0 radical (unpaired) electrons. The van der Waals surface area contributed by atoms with E-state index < -0.39 is 17.6 Å². The molecule has 0 spiro atoms. The monoisotopic (exact) mass is 338 g/mol. The van der Waals surface area contributed by atoms with E-state index in [4.69, 9.17) is 4.42 Å². The molecular weight excluding hydrogens is 329 g/mol. The lowest BCUT2D eigenvalue weighted by atomic mass is 10.1. The van der Waals surface area contributed by atoms with Crippen molar-refractivity contribution in [1.29, 1.82) is 0 Å². The minimum absolute atomic E-state index is 0.0263. The summed E-state index contributed by atoms with van der Waals surface area (Å²) in [7, 11) is 0. The fraction of sp³-hybridized carbons (Fsp3) is 0.0667. The summed E-state index contributed by atoms with van der Waals surface area (Å²) in [6.45, 7) is 0. The van der Waals surface area contributed by atoms with Gasteiger partial charge < -0.3 is 9.73 Å². The van der Waals surface area contributed by atoms with Crippen LogP contribution < -0.4 is 5.32 Å². The van der Waals surface area contributed by atoms with Crippen LogP contribution in [0.4, 0.5) is 18.9 Å². The number of amides is 1. The number of rotatable bonds is 3. The molecule has 0 aliphatic heterocycles. The highest BCUT2D eigenvalue weighted by Gasteiger charge is 2.33. The SMILES string of the molecule is O=C(Nc1ccccc1C(F)(F)F)c1csc(-c2ccco2)n1. The van der Waals surface area contributed by atoms with Gasteiger partial charge in [-0.05, 0) is 24.3 Å². The zero-order valence-electron chi connectivity index (χ0n) is 11.4. The molecule has 0 fully saturated rings. The second kappa shape index (κ2) is 5.88. The molecule has 0 atom stereocenters. The molecule has 3 aromatic rings. The van der Waals surface area contributed by atoms with E-state index in [-0.39, 0.29) is 11.4 Å². The minimum atomic E-state index is -4.55. The molecule has 0 saturated heterocycles. The number of anilines is 1. The van der Waals surface area contributed by atoms with Crippen LogP contribution in [0.3, 0.4) is 0 Å². The number of benzene rings is 1. The van der Waals surface area contributed by atoms with Crippen molar-refractivity contribution < 1.29 is 22.4 Å². The van der Waals surface area contributed by atoms with E-state index in [1.807, 2.05) is 0 Å². The fourth-order valence-corrected chi connectivity index (χ4v) is 2.68. The second-order valence-corrected chi connectivity index (χ2v) is 5.37. The summed E-state index contributed by atoms with van der Waals surface area (Å²) < 4.78 is 43.9. The molecule has 8 heteroatoms. The summed E-state index contributed by atoms with van der Waals surface area (Å²) in [5.74, 6) is -0.222. The summed E-state index contributed by atoms with van der Waals surface area (Å²) in [4.78, 5) is 16.2. The summed E-state index contributed by atoms with van der Waals surface area (Å²) in [5, 5.41) is 4.18. The highest BCUT2D eigenvalue weighted by Crippen LogP contribution is 2.34. The van der Waals surface area contributed by atoms with Crippen LogP contribution in [0.1, 0.15) is 16.1 Å². The average Bonchev–Trinajstić information content (AvgIpc) is 3.18. The van der Waals surface area contributed by atoms with Crippen molar-refractivity contribution in [3.63, 3.8) is 0 Å². The van der Waals surface area contributed by atoms with Gasteiger partial charge in [0.05, 0.1) is 17.5 Å². The minimum Gasteiger partial charge on any atom is -0.462 e. The van der Waals surface area contributed by atoms with E-state index in [9.17, 15) is 18.0 Å². The van der Waals surface area contributed by atoms with Crippen LogP contribution in [0.25, 0.3) is 10.8 Å².